The van der Waals surface area contributed by atoms with E-state index in [0.29, 0.717) is 18.1 Å². The Kier molecular flexibility index (Phi) is 3.45. The minimum atomic E-state index is -0.180. The normalized spacial score (nSPS) is 14.0. The summed E-state index contributed by atoms with van der Waals surface area (Å²) in [7, 11) is 3.50. The molecule has 1 aliphatic heterocycles. The summed E-state index contributed by atoms with van der Waals surface area (Å²) < 4.78 is 1.78. The predicted octanol–water partition coefficient (Wildman–Crippen LogP) is 0.626. The molecule has 3 aromatic heterocycles. The van der Waals surface area contributed by atoms with Gasteiger partial charge in [0.15, 0.2) is 11.3 Å². The number of carbonyl (C=O) groups is 1. The van der Waals surface area contributed by atoms with Gasteiger partial charge in [0.05, 0.1) is 11.1 Å². The zero-order valence-corrected chi connectivity index (χ0v) is 14.7. The van der Waals surface area contributed by atoms with Crippen molar-refractivity contribution < 1.29 is 4.79 Å². The highest BCUT2D eigenvalue weighted by Gasteiger charge is 2.28. The Balaban J connectivity index is 1.81. The summed E-state index contributed by atoms with van der Waals surface area (Å²) in [5.41, 5.74) is 4.12. The number of nitrogens with zero attached hydrogens (tertiary/aromatic N) is 6. The standard InChI is InChI=1S/C16H20N8O/c1-8-12-14(23(4)22-8)18-9(2)19-15(12)24-6-5-11-10(7-24)13(21-20-11)16(25)17-3/h5-7H2,1-4H3,(H,17,25)(H,20,21). The van der Waals surface area contributed by atoms with Gasteiger partial charge in [0.1, 0.15) is 11.6 Å². The molecule has 9 heteroatoms. The monoisotopic (exact) mass is 340 g/mol. The minimum absolute atomic E-state index is 0.180. The molecule has 2 N–H and O–H groups in total. The Morgan fingerprint density at radius 3 is 2.84 bits per heavy atom. The van der Waals surface area contributed by atoms with Crippen molar-refractivity contribution in [3.05, 3.63) is 28.5 Å². The molecule has 0 radical (unpaired) electrons. The Labute approximate surface area is 144 Å². The van der Waals surface area contributed by atoms with Crippen LogP contribution in [0.15, 0.2) is 0 Å². The molecule has 0 unspecified atom stereocenters. The number of fused-ring (bicyclic) bond motifs is 2. The lowest BCUT2D eigenvalue weighted by Crippen LogP contribution is -2.32. The molecular weight excluding hydrogens is 320 g/mol. The molecule has 9 nitrogen and oxygen atoms in total. The second-order valence-corrected chi connectivity index (χ2v) is 6.28. The maximum atomic E-state index is 12.1. The van der Waals surface area contributed by atoms with Gasteiger partial charge in [-0.25, -0.2) is 9.97 Å². The summed E-state index contributed by atoms with van der Waals surface area (Å²) >= 11 is 0. The fraction of sp³-hybridized carbons (Fsp3) is 0.438. The lowest BCUT2D eigenvalue weighted by atomic mass is 10.0. The average molecular weight is 340 g/mol. The van der Waals surface area contributed by atoms with Crippen molar-refractivity contribution in [3.8, 4) is 0 Å². The topological polar surface area (TPSA) is 105 Å². The van der Waals surface area contributed by atoms with E-state index in [1.165, 1.54) is 0 Å². The lowest BCUT2D eigenvalue weighted by molar-refractivity contribution is 0.0957. The lowest BCUT2D eigenvalue weighted by Gasteiger charge is -2.28. The third-order valence-corrected chi connectivity index (χ3v) is 4.63. The molecule has 0 saturated heterocycles. The van der Waals surface area contributed by atoms with E-state index >= 15 is 0 Å². The third-order valence-electron chi connectivity index (χ3n) is 4.63. The first-order chi connectivity index (χ1) is 12.0. The molecule has 4 heterocycles. The van der Waals surface area contributed by atoms with E-state index < -0.39 is 0 Å². The van der Waals surface area contributed by atoms with Crippen molar-refractivity contribution in [2.75, 3.05) is 18.5 Å². The van der Waals surface area contributed by atoms with Gasteiger partial charge in [-0.1, -0.05) is 0 Å². The van der Waals surface area contributed by atoms with Gasteiger partial charge in [0.25, 0.3) is 5.91 Å². The summed E-state index contributed by atoms with van der Waals surface area (Å²) in [5.74, 6) is 1.39. The molecule has 0 saturated carbocycles. The van der Waals surface area contributed by atoms with E-state index in [-0.39, 0.29) is 5.91 Å². The molecule has 130 valence electrons. The van der Waals surface area contributed by atoms with Crippen LogP contribution in [0.5, 0.6) is 0 Å². The Morgan fingerprint density at radius 1 is 1.28 bits per heavy atom. The second-order valence-electron chi connectivity index (χ2n) is 6.28. The molecule has 0 atom stereocenters. The smallest absolute Gasteiger partial charge is 0.271 e. The number of aromatic nitrogens is 6. The zero-order chi connectivity index (χ0) is 17.7. The number of carbonyl (C=O) groups excluding carboxylic acids is 1. The van der Waals surface area contributed by atoms with Crippen LogP contribution in [-0.4, -0.2) is 49.4 Å². The molecule has 0 aliphatic carbocycles. The molecule has 0 spiro atoms. The van der Waals surface area contributed by atoms with Crippen molar-refractivity contribution in [3.63, 3.8) is 0 Å². The highest BCUT2D eigenvalue weighted by atomic mass is 16.1. The number of anilines is 1. The molecular formula is C16H20N8O. The fourth-order valence-corrected chi connectivity index (χ4v) is 3.43. The fourth-order valence-electron chi connectivity index (χ4n) is 3.43. The number of aryl methyl sites for hydroxylation is 3. The van der Waals surface area contributed by atoms with Crippen molar-refractivity contribution in [1.29, 1.82) is 0 Å². The number of nitrogens with one attached hydrogen (secondary N) is 2. The number of rotatable bonds is 2. The van der Waals surface area contributed by atoms with Gasteiger partial charge < -0.3 is 10.2 Å². The summed E-state index contributed by atoms with van der Waals surface area (Å²) in [6.45, 7) is 5.22. The van der Waals surface area contributed by atoms with Gasteiger partial charge >= 0.3 is 0 Å². The van der Waals surface area contributed by atoms with Crippen LogP contribution < -0.4 is 10.2 Å². The third kappa shape index (κ3) is 2.34. The molecule has 1 amide bonds. The first kappa shape index (κ1) is 15.6. The number of hydrogen-bond acceptors (Lipinski definition) is 6. The molecule has 4 rings (SSSR count). The first-order valence-corrected chi connectivity index (χ1v) is 8.20. The molecule has 0 fully saturated rings. The highest BCUT2D eigenvalue weighted by Crippen LogP contribution is 2.31. The molecule has 25 heavy (non-hydrogen) atoms. The maximum absolute atomic E-state index is 12.1. The van der Waals surface area contributed by atoms with Gasteiger partial charge in [0, 0.05) is 44.9 Å². The van der Waals surface area contributed by atoms with Gasteiger partial charge in [-0.2, -0.15) is 10.2 Å². The van der Waals surface area contributed by atoms with Gasteiger partial charge in [-0.05, 0) is 13.8 Å². The SMILES string of the molecule is CNC(=O)c1n[nH]c2c1CN(c1nc(C)nc3c1c(C)nn3C)CC2. The number of amides is 1. The van der Waals surface area contributed by atoms with E-state index in [0.717, 1.165) is 46.8 Å². The average Bonchev–Trinajstić information content (AvgIpc) is 3.14. The van der Waals surface area contributed by atoms with Crippen LogP contribution in [0.2, 0.25) is 0 Å². The summed E-state index contributed by atoms with van der Waals surface area (Å²) in [5, 5.41) is 15.3. The zero-order valence-electron chi connectivity index (χ0n) is 14.7. The van der Waals surface area contributed by atoms with Crippen LogP contribution in [0.1, 0.15) is 33.3 Å². The number of H-pyrrole nitrogens is 1. The van der Waals surface area contributed by atoms with Gasteiger partial charge in [-0.15, -0.1) is 0 Å². The number of hydrogen-bond donors (Lipinski definition) is 2. The molecule has 3 aromatic rings. The predicted molar refractivity (Wildman–Crippen MR) is 92.5 cm³/mol. The van der Waals surface area contributed by atoms with Gasteiger partial charge in [-0.3, -0.25) is 14.6 Å². The van der Waals surface area contributed by atoms with E-state index in [4.69, 9.17) is 0 Å². The Bertz CT molecular complexity index is 986. The van der Waals surface area contributed by atoms with E-state index in [9.17, 15) is 4.79 Å². The molecule has 1 aliphatic rings. The van der Waals surface area contributed by atoms with Crippen LogP contribution in [-0.2, 0) is 20.0 Å². The maximum Gasteiger partial charge on any atom is 0.271 e. The second kappa shape index (κ2) is 5.54. The first-order valence-electron chi connectivity index (χ1n) is 8.20. The van der Waals surface area contributed by atoms with E-state index in [1.54, 1.807) is 11.7 Å². The molecule has 0 bridgehead atoms. The van der Waals surface area contributed by atoms with Crippen molar-refractivity contribution in [2.24, 2.45) is 7.05 Å². The quantitative estimate of drug-likeness (QED) is 0.709. The summed E-state index contributed by atoms with van der Waals surface area (Å²) in [6, 6.07) is 0. The molecule has 0 aromatic carbocycles. The Hall–Kier alpha value is -2.97. The van der Waals surface area contributed by atoms with E-state index in [1.807, 2.05) is 20.9 Å². The Morgan fingerprint density at radius 2 is 2.08 bits per heavy atom. The highest BCUT2D eigenvalue weighted by molar-refractivity contribution is 5.94. The van der Waals surface area contributed by atoms with Crippen LogP contribution in [0, 0.1) is 13.8 Å². The number of aromatic amines is 1. The summed E-state index contributed by atoms with van der Waals surface area (Å²) in [4.78, 5) is 23.4. The van der Waals surface area contributed by atoms with Crippen molar-refractivity contribution in [2.45, 2.75) is 26.8 Å². The summed E-state index contributed by atoms with van der Waals surface area (Å²) in [6.07, 6.45) is 0.781. The van der Waals surface area contributed by atoms with Crippen molar-refractivity contribution in [1.82, 2.24) is 35.3 Å². The van der Waals surface area contributed by atoms with Crippen LogP contribution in [0.3, 0.4) is 0 Å². The van der Waals surface area contributed by atoms with Crippen LogP contribution in [0.25, 0.3) is 11.0 Å². The van der Waals surface area contributed by atoms with Crippen LogP contribution >= 0.6 is 0 Å². The minimum Gasteiger partial charge on any atom is -0.354 e. The van der Waals surface area contributed by atoms with Crippen molar-refractivity contribution >= 4 is 22.8 Å². The van der Waals surface area contributed by atoms with E-state index in [2.05, 4.69) is 35.5 Å². The van der Waals surface area contributed by atoms with Gasteiger partial charge in [0.2, 0.25) is 0 Å². The van der Waals surface area contributed by atoms with Crippen LogP contribution in [0.4, 0.5) is 5.82 Å². The largest absolute Gasteiger partial charge is 0.354 e.